The summed E-state index contributed by atoms with van der Waals surface area (Å²) in [7, 11) is 5.43. The van der Waals surface area contributed by atoms with Gasteiger partial charge in [0.15, 0.2) is 49.6 Å². The van der Waals surface area contributed by atoms with Crippen LogP contribution < -0.4 is 20.1 Å². The van der Waals surface area contributed by atoms with Gasteiger partial charge in [0, 0.05) is 41.5 Å². The molecule has 4 aliphatic rings. The summed E-state index contributed by atoms with van der Waals surface area (Å²) >= 11 is 0. The van der Waals surface area contributed by atoms with Crippen molar-refractivity contribution in [3.8, 4) is 11.5 Å². The van der Waals surface area contributed by atoms with Crippen molar-refractivity contribution in [2.24, 2.45) is 0 Å². The molecule has 4 aliphatic heterocycles. The second kappa shape index (κ2) is 48.6. The van der Waals surface area contributed by atoms with E-state index in [0.29, 0.717) is 48.3 Å². The first-order chi connectivity index (χ1) is 59.1. The average molecular weight is 1700 g/mol. The molecule has 6 aromatic carbocycles. The average Bonchev–Trinajstić information content (AvgIpc) is 0.765. The summed E-state index contributed by atoms with van der Waals surface area (Å²) in [6.07, 6.45) is -19.6. The maximum Gasteiger partial charge on any atom is 0.337 e. The van der Waals surface area contributed by atoms with Crippen LogP contribution in [-0.4, -0.2) is 225 Å². The molecule has 0 saturated carbocycles. The maximum atomic E-state index is 14.1. The van der Waals surface area contributed by atoms with Gasteiger partial charge in [0.25, 0.3) is 0 Å². The van der Waals surface area contributed by atoms with Crippen molar-refractivity contribution in [2.75, 3.05) is 54.9 Å². The number of ether oxygens (including phenoxy) is 22. The van der Waals surface area contributed by atoms with Crippen molar-refractivity contribution in [3.05, 3.63) is 215 Å². The predicted molar refractivity (Wildman–Crippen MR) is 431 cm³/mol. The van der Waals surface area contributed by atoms with Gasteiger partial charge in [-0.05, 0) is 83.3 Å². The predicted octanol–water partition coefficient (Wildman–Crippen LogP) is 8.68. The lowest BCUT2D eigenvalue weighted by Crippen LogP contribution is -2.69. The number of nitrogens with one attached hydrogen (secondary N) is 2. The van der Waals surface area contributed by atoms with Gasteiger partial charge >= 0.3 is 35.8 Å². The number of hydrogen-bond donors (Lipinski definition) is 2. The number of carbonyl (C=O) groups is 8. The fraction of sp³-hybridized carbons (Fsp3) is 0.489. The van der Waals surface area contributed by atoms with Crippen molar-refractivity contribution in [1.82, 2.24) is 10.6 Å². The Labute approximate surface area is 709 Å². The first-order valence-electron chi connectivity index (χ1n) is 40.3. The van der Waals surface area contributed by atoms with Crippen LogP contribution in [0.1, 0.15) is 101 Å². The van der Waals surface area contributed by atoms with Crippen LogP contribution in [0.3, 0.4) is 0 Å². The van der Waals surface area contributed by atoms with Crippen molar-refractivity contribution in [2.45, 2.75) is 230 Å². The van der Waals surface area contributed by atoms with Crippen molar-refractivity contribution in [1.29, 1.82) is 0 Å². The van der Waals surface area contributed by atoms with Gasteiger partial charge in [0.2, 0.25) is 11.8 Å². The minimum absolute atomic E-state index is 0.0488. The van der Waals surface area contributed by atoms with E-state index in [1.165, 1.54) is 70.0 Å². The van der Waals surface area contributed by atoms with Crippen LogP contribution in [0.4, 0.5) is 0 Å². The molecule has 10 rings (SSSR count). The lowest BCUT2D eigenvalue weighted by Gasteiger charge is -2.49. The van der Waals surface area contributed by atoms with Crippen LogP contribution in [-0.2, 0) is 173 Å². The number of carbonyl (C=O) groups excluding carboxylic acids is 8. The second-order valence-corrected chi connectivity index (χ2v) is 29.2. The lowest BCUT2D eigenvalue weighted by molar-refractivity contribution is -0.354. The largest absolute Gasteiger partial charge is 0.497 e. The number of amides is 2. The van der Waals surface area contributed by atoms with Crippen molar-refractivity contribution < 1.29 is 143 Å². The number of rotatable bonds is 44. The van der Waals surface area contributed by atoms with E-state index in [1.54, 1.807) is 48.5 Å². The molecular formula is C90H110N2O30. The Bertz CT molecular complexity index is 3980. The highest BCUT2D eigenvalue weighted by atomic mass is 16.8. The molecule has 0 aromatic heterocycles. The van der Waals surface area contributed by atoms with Crippen LogP contribution in [0.2, 0.25) is 0 Å². The Morgan fingerprint density at radius 3 is 0.918 bits per heavy atom. The Morgan fingerprint density at radius 2 is 0.631 bits per heavy atom. The van der Waals surface area contributed by atoms with E-state index >= 15 is 0 Å². The molecule has 32 heteroatoms. The van der Waals surface area contributed by atoms with Crippen LogP contribution in [0, 0.1) is 0 Å². The van der Waals surface area contributed by atoms with Gasteiger partial charge in [-0.25, -0.2) is 9.59 Å². The molecule has 0 bridgehead atoms. The third kappa shape index (κ3) is 28.2. The highest BCUT2D eigenvalue weighted by Gasteiger charge is 2.59. The van der Waals surface area contributed by atoms with Gasteiger partial charge in [0.1, 0.15) is 97.8 Å². The van der Waals surface area contributed by atoms with Gasteiger partial charge in [-0.1, -0.05) is 158 Å². The smallest absolute Gasteiger partial charge is 0.337 e. The second-order valence-electron chi connectivity index (χ2n) is 29.2. The minimum Gasteiger partial charge on any atom is -0.497 e. The molecule has 6 aromatic rings. The molecule has 4 fully saturated rings. The SMILES string of the molecule is COC(=O)[C@@H]1O[C@H](O[C@H]2[C@H](OCc3ccccc3)[C@@H](NC(C)=O)[C@H](OCCC/C=C/CCCO[C@@H]3O[C@H](COC(C)=O)[C@@H](O[C@H]4O[C@@H](C(=O)OC)[C@@H](OCc5ccc(OC)cc5)[C@H](OCc5ccccc5)[C@H]4OC(C)=O)[C@H](OCc4ccccc4)[C@H]3NC(C)=O)O[C@@H]2COC(C)=O)[C@H](OC(C)=O)[C@@H](OCc2ccccc2)[C@@H]1OCc1ccc(OC)cc1. The normalized spacial score (nSPS) is 26.3. The highest BCUT2D eigenvalue weighted by molar-refractivity contribution is 5.77. The Hall–Kier alpha value is -10.1. The monoisotopic (exact) mass is 1700 g/mol. The van der Waals surface area contributed by atoms with Crippen LogP contribution in [0.5, 0.6) is 11.5 Å². The number of allylic oxidation sites excluding steroid dienone is 2. The van der Waals surface area contributed by atoms with Gasteiger partial charge < -0.3 is 115 Å². The molecule has 0 radical (unpaired) electrons. The lowest BCUT2D eigenvalue weighted by atomic mass is 9.94. The number of unbranched alkanes of at least 4 members (excludes halogenated alkanes) is 2. The number of esters is 6. The molecule has 0 unspecified atom stereocenters. The molecule has 4 heterocycles. The zero-order valence-corrected chi connectivity index (χ0v) is 70.0. The van der Waals surface area contributed by atoms with Crippen LogP contribution in [0.15, 0.2) is 182 Å². The fourth-order valence-electron chi connectivity index (χ4n) is 14.3. The third-order valence-corrected chi connectivity index (χ3v) is 20.1. The van der Waals surface area contributed by atoms with E-state index in [2.05, 4.69) is 10.6 Å². The first kappa shape index (κ1) is 94.1. The topological polar surface area (TPSA) is 364 Å². The number of methoxy groups -OCH3 is 4. The minimum atomic E-state index is -1.71. The van der Waals surface area contributed by atoms with E-state index in [4.69, 9.17) is 104 Å². The number of benzene rings is 6. The van der Waals surface area contributed by atoms with E-state index in [9.17, 15) is 38.4 Å². The molecule has 2 N–H and O–H groups in total. The third-order valence-electron chi connectivity index (χ3n) is 20.1. The summed E-state index contributed by atoms with van der Waals surface area (Å²) in [5.41, 5.74) is 4.26. The zero-order chi connectivity index (χ0) is 86.9. The Morgan fingerprint density at radius 1 is 0.328 bits per heavy atom. The standard InChI is InChI=1S/C90H110N2O30/c1-55(93)91-71-75(109-47-61-29-19-15-20-30-61)73(119-89-83(115-59(5)97)79(113-49-63-33-23-17-24-34-63)77(81(121-89)85(99)103-9)111-51-65-37-41-67(101-7)42-38-65)69(53-107-57(3)95)117-87(71)105-45-27-13-11-12-14-28-46-106-88-72(92-56(2)94)76(110-48-62-31-21-16-22-32-62)74(70(118-88)54-108-58(4)96)120-90-84(116-60(6)98)80(114-50-64-35-25-18-26-36-64)78(82(122-90)86(100)104-10)112-52-66-39-43-68(102-8)44-40-66/h11-12,15-26,29-44,69-84,87-90H,13-14,27-28,45-54H2,1-10H3,(H,91,93)(H,92,94)/b12-11+/t69-,70-,71-,72-,73-,74-,75-,76-,77+,78+,79+,80+,81-,82-,83-,84-,87-,88-,89+,90+/m1/s1. The Kier molecular flexibility index (Phi) is 37.5. The van der Waals surface area contributed by atoms with Crippen molar-refractivity contribution in [3.63, 3.8) is 0 Å². The molecule has 2 amide bonds. The summed E-state index contributed by atoms with van der Waals surface area (Å²) in [5.74, 6) is -4.51. The molecule has 0 spiro atoms. The van der Waals surface area contributed by atoms with Gasteiger partial charge in [-0.3, -0.25) is 28.8 Å². The fourth-order valence-corrected chi connectivity index (χ4v) is 14.3. The molecule has 122 heavy (non-hydrogen) atoms. The van der Waals surface area contributed by atoms with Crippen molar-refractivity contribution >= 4 is 47.6 Å². The molecule has 660 valence electrons. The zero-order valence-electron chi connectivity index (χ0n) is 70.0. The van der Waals surface area contributed by atoms with Gasteiger partial charge in [-0.2, -0.15) is 0 Å². The summed E-state index contributed by atoms with van der Waals surface area (Å²) < 4.78 is 139. The maximum absolute atomic E-state index is 14.1. The highest BCUT2D eigenvalue weighted by Crippen LogP contribution is 2.39. The van der Waals surface area contributed by atoms with Gasteiger partial charge in [0.05, 0.1) is 81.3 Å². The number of hydrogen-bond acceptors (Lipinski definition) is 30. The van der Waals surface area contributed by atoms with Gasteiger partial charge in [-0.15, -0.1) is 0 Å². The van der Waals surface area contributed by atoms with E-state index in [0.717, 1.165) is 22.3 Å². The quantitative estimate of drug-likeness (QED) is 0.0156. The van der Waals surface area contributed by atoms with E-state index in [1.807, 2.05) is 133 Å². The van der Waals surface area contributed by atoms with E-state index < -0.39 is 184 Å². The van der Waals surface area contributed by atoms with Crippen LogP contribution in [0.25, 0.3) is 0 Å². The first-order valence-corrected chi connectivity index (χ1v) is 40.3. The molecule has 0 aliphatic carbocycles. The van der Waals surface area contributed by atoms with Crippen LogP contribution >= 0.6 is 0 Å². The summed E-state index contributed by atoms with van der Waals surface area (Å²) in [5, 5.41) is 5.91. The van der Waals surface area contributed by atoms with E-state index in [-0.39, 0.29) is 52.9 Å². The molecule has 20 atom stereocenters. The summed E-state index contributed by atoms with van der Waals surface area (Å²) in [6, 6.07) is 48.4. The summed E-state index contributed by atoms with van der Waals surface area (Å²) in [4.78, 5) is 108. The molecule has 32 nitrogen and oxygen atoms in total. The molecular weight excluding hydrogens is 1590 g/mol. The molecule has 4 saturated heterocycles. The Balaban J connectivity index is 0.857. The summed E-state index contributed by atoms with van der Waals surface area (Å²) in [6.45, 7) is 6.18.